The maximum absolute atomic E-state index is 8.44. The van der Waals surface area contributed by atoms with Gasteiger partial charge >= 0.3 is 59.1 Å². The van der Waals surface area contributed by atoms with Crippen LogP contribution in [-0.2, 0) is 16.2 Å². The molecule has 0 bridgehead atoms. The Balaban J connectivity index is -0.0000000483. The molecule has 0 unspecified atom stereocenters. The Bertz CT molecular complexity index is 100. The molecule has 0 aromatic carbocycles. The Hall–Kier alpha value is 1.99. The monoisotopic (exact) mass is 216 g/mol. The fourth-order valence-electron chi connectivity index (χ4n) is 0. The third kappa shape index (κ3) is 58.2. The van der Waals surface area contributed by atoms with Crippen LogP contribution in [0.3, 0.4) is 0 Å². The van der Waals surface area contributed by atoms with Crippen LogP contribution in [0, 0.1) is 0 Å². The zero-order valence-corrected chi connectivity index (χ0v) is 12.8. The van der Waals surface area contributed by atoms with Gasteiger partial charge in [0, 0.05) is 0 Å². The molecule has 0 saturated carbocycles. The third-order valence-corrected chi connectivity index (χ3v) is 0.274. The van der Waals surface area contributed by atoms with Gasteiger partial charge in [0.1, 0.15) is 0 Å². The summed E-state index contributed by atoms with van der Waals surface area (Å²) in [5.74, 6) is 0. The van der Waals surface area contributed by atoms with Gasteiger partial charge in [0.05, 0.1) is 5.60 Å². The molecule has 0 aromatic heterocycles. The SMILES string of the molecule is CC(C)(C)OO.O=S([O-])[O-].[Na+].[Na+]. The van der Waals surface area contributed by atoms with E-state index in [-0.39, 0.29) is 59.1 Å². The minimum absolute atomic E-state index is 0. The average molecular weight is 216 g/mol. The predicted octanol–water partition coefficient (Wildman–Crippen LogP) is -5.72. The Labute approximate surface area is 119 Å². The van der Waals surface area contributed by atoms with Gasteiger partial charge in [0.25, 0.3) is 0 Å². The van der Waals surface area contributed by atoms with Gasteiger partial charge in [0.2, 0.25) is 0 Å². The molecule has 0 saturated heterocycles. The van der Waals surface area contributed by atoms with Crippen LogP contribution in [-0.4, -0.2) is 24.2 Å². The molecule has 64 valence electrons. The van der Waals surface area contributed by atoms with Gasteiger partial charge in [-0.15, -0.1) is 11.4 Å². The second-order valence-electron chi connectivity index (χ2n) is 2.41. The van der Waals surface area contributed by atoms with Crippen molar-refractivity contribution < 1.29 is 82.6 Å². The summed E-state index contributed by atoms with van der Waals surface area (Å²) >= 11 is -3.11. The largest absolute Gasteiger partial charge is 1.00 e. The molecule has 0 heterocycles. The van der Waals surface area contributed by atoms with Crippen LogP contribution >= 0.6 is 0 Å². The van der Waals surface area contributed by atoms with E-state index in [9.17, 15) is 0 Å². The van der Waals surface area contributed by atoms with Crippen molar-refractivity contribution in [2.75, 3.05) is 0 Å². The zero-order valence-electron chi connectivity index (χ0n) is 7.99. The minimum atomic E-state index is -3.11. The first-order chi connectivity index (χ1) is 4.29. The maximum Gasteiger partial charge on any atom is 1.00 e. The summed E-state index contributed by atoms with van der Waals surface area (Å²) in [5.41, 5.74) is -0.403. The van der Waals surface area contributed by atoms with Crippen LogP contribution in [0.1, 0.15) is 20.8 Å². The third-order valence-electron chi connectivity index (χ3n) is 0.274. The number of hydrogen-bond acceptors (Lipinski definition) is 5. The average Bonchev–Trinajstić information content (AvgIpc) is 1.63. The number of rotatable bonds is 0. The molecule has 0 aliphatic carbocycles. The molecular weight excluding hydrogens is 206 g/mol. The summed E-state index contributed by atoms with van der Waals surface area (Å²) in [6, 6.07) is 0. The van der Waals surface area contributed by atoms with E-state index in [2.05, 4.69) is 4.89 Å². The zero-order chi connectivity index (χ0) is 8.78. The molecule has 0 rings (SSSR count). The second-order valence-corrected chi connectivity index (χ2v) is 2.82. The van der Waals surface area contributed by atoms with Gasteiger partial charge in [-0.25, -0.2) is 4.89 Å². The van der Waals surface area contributed by atoms with E-state index in [0.29, 0.717) is 0 Å². The molecule has 0 aromatic rings. The van der Waals surface area contributed by atoms with Crippen LogP contribution in [0.5, 0.6) is 0 Å². The van der Waals surface area contributed by atoms with Gasteiger partial charge in [-0.1, -0.05) is 0 Å². The molecule has 0 aliphatic rings. The summed E-state index contributed by atoms with van der Waals surface area (Å²) in [6.07, 6.45) is 0. The van der Waals surface area contributed by atoms with Crippen molar-refractivity contribution >= 4 is 11.4 Å². The predicted molar refractivity (Wildman–Crippen MR) is 33.2 cm³/mol. The van der Waals surface area contributed by atoms with Gasteiger partial charge in [-0.2, -0.15) is 0 Å². The summed E-state index contributed by atoms with van der Waals surface area (Å²) in [7, 11) is 0. The van der Waals surface area contributed by atoms with Crippen LogP contribution < -0.4 is 59.1 Å². The van der Waals surface area contributed by atoms with Crippen molar-refractivity contribution in [3.05, 3.63) is 0 Å². The van der Waals surface area contributed by atoms with Crippen LogP contribution in [0.15, 0.2) is 0 Å². The fraction of sp³-hybridized carbons (Fsp3) is 1.00. The summed E-state index contributed by atoms with van der Waals surface area (Å²) < 4.78 is 25.3. The van der Waals surface area contributed by atoms with Crippen LogP contribution in [0.2, 0.25) is 0 Å². The van der Waals surface area contributed by atoms with Crippen molar-refractivity contribution in [3.8, 4) is 0 Å². The van der Waals surface area contributed by atoms with E-state index in [1.807, 2.05) is 0 Å². The van der Waals surface area contributed by atoms with E-state index in [1.54, 1.807) is 20.8 Å². The van der Waals surface area contributed by atoms with E-state index >= 15 is 0 Å². The standard InChI is InChI=1S/C4H10O2.2Na.H2O3S/c1-4(2,3)6-5;;;1-4(2)3/h5H,1-3H3;;;(H2,1,2,3)/q;2*+1;/p-2. The Morgan fingerprint density at radius 1 is 1.25 bits per heavy atom. The quantitative estimate of drug-likeness (QED) is 0.188. The Morgan fingerprint density at radius 2 is 1.33 bits per heavy atom. The molecule has 1 N–H and O–H groups in total. The van der Waals surface area contributed by atoms with Crippen molar-refractivity contribution in [2.24, 2.45) is 0 Å². The first-order valence-corrected chi connectivity index (χ1v) is 3.39. The van der Waals surface area contributed by atoms with Gasteiger partial charge in [-0.05, 0) is 20.8 Å². The molecule has 0 amide bonds. The topological polar surface area (TPSA) is 92.7 Å². The molecule has 0 radical (unpaired) electrons. The smallest absolute Gasteiger partial charge is 0.784 e. The molecule has 12 heavy (non-hydrogen) atoms. The summed E-state index contributed by atoms with van der Waals surface area (Å²) in [5, 5.41) is 7.90. The van der Waals surface area contributed by atoms with Gasteiger partial charge in [-0.3, -0.25) is 9.47 Å². The molecule has 0 spiro atoms. The van der Waals surface area contributed by atoms with Crippen molar-refractivity contribution in [3.63, 3.8) is 0 Å². The first-order valence-electron chi connectivity index (χ1n) is 2.39. The molecule has 5 nitrogen and oxygen atoms in total. The molecule has 0 fully saturated rings. The molecule has 8 heteroatoms. The minimum Gasteiger partial charge on any atom is -0.784 e. The van der Waals surface area contributed by atoms with Crippen LogP contribution in [0.4, 0.5) is 0 Å². The van der Waals surface area contributed by atoms with Gasteiger partial charge in [0.15, 0.2) is 0 Å². The Morgan fingerprint density at radius 3 is 1.33 bits per heavy atom. The Kier molecular flexibility index (Phi) is 25.6. The first kappa shape index (κ1) is 23.7. The summed E-state index contributed by atoms with van der Waals surface area (Å²) in [4.78, 5) is 3.94. The molecule has 0 aliphatic heterocycles. The van der Waals surface area contributed by atoms with Gasteiger partial charge < -0.3 is 9.11 Å². The summed E-state index contributed by atoms with van der Waals surface area (Å²) in [6.45, 7) is 5.31. The maximum atomic E-state index is 8.44. The second kappa shape index (κ2) is 13.0. The number of hydrogen-bond donors (Lipinski definition) is 1. The van der Waals surface area contributed by atoms with Crippen molar-refractivity contribution in [2.45, 2.75) is 26.4 Å². The van der Waals surface area contributed by atoms with E-state index in [1.165, 1.54) is 0 Å². The normalized spacial score (nSPS) is 8.92. The van der Waals surface area contributed by atoms with E-state index in [0.717, 1.165) is 0 Å². The molecular formula is C4H10Na2O5S. The van der Waals surface area contributed by atoms with E-state index < -0.39 is 17.0 Å². The van der Waals surface area contributed by atoms with E-state index in [4.69, 9.17) is 18.6 Å². The molecule has 0 atom stereocenters. The van der Waals surface area contributed by atoms with Crippen molar-refractivity contribution in [1.29, 1.82) is 0 Å². The van der Waals surface area contributed by atoms with Crippen LogP contribution in [0.25, 0.3) is 0 Å². The van der Waals surface area contributed by atoms with Crippen molar-refractivity contribution in [1.82, 2.24) is 0 Å². The fourth-order valence-corrected chi connectivity index (χ4v) is 0.